The van der Waals surface area contributed by atoms with Crippen molar-refractivity contribution in [2.75, 3.05) is 0 Å². The fourth-order valence-corrected chi connectivity index (χ4v) is 1.27. The van der Waals surface area contributed by atoms with Crippen LogP contribution in [0.5, 0.6) is 0 Å². The van der Waals surface area contributed by atoms with E-state index in [-0.39, 0.29) is 6.04 Å². The maximum Gasteiger partial charge on any atom is 0.149 e. The topological polar surface area (TPSA) is 64.7 Å². The monoisotopic (exact) mass is 200 g/mol. The lowest BCUT2D eigenvalue weighted by Crippen LogP contribution is -2.15. The van der Waals surface area contributed by atoms with Gasteiger partial charge in [-0.15, -0.1) is 0 Å². The SMILES string of the molecule is Cc1cnc(C(N)c2cccnc2)nc1. The van der Waals surface area contributed by atoms with Gasteiger partial charge in [-0.2, -0.15) is 0 Å². The molecule has 2 rings (SSSR count). The molecular weight excluding hydrogens is 188 g/mol. The fraction of sp³-hybridized carbons (Fsp3) is 0.182. The Hall–Kier alpha value is -1.81. The number of aromatic nitrogens is 3. The molecule has 0 aliphatic carbocycles. The van der Waals surface area contributed by atoms with Gasteiger partial charge in [-0.1, -0.05) is 6.07 Å². The van der Waals surface area contributed by atoms with Crippen molar-refractivity contribution in [3.8, 4) is 0 Å². The molecular formula is C11H12N4. The standard InChI is InChI=1S/C11H12N4/c1-8-5-14-11(15-6-8)10(12)9-3-2-4-13-7-9/h2-7,10H,12H2,1H3. The molecule has 0 bridgehead atoms. The number of nitrogens with zero attached hydrogens (tertiary/aromatic N) is 3. The van der Waals surface area contributed by atoms with Crippen LogP contribution in [0.25, 0.3) is 0 Å². The van der Waals surface area contributed by atoms with Crippen molar-refractivity contribution in [2.45, 2.75) is 13.0 Å². The van der Waals surface area contributed by atoms with Gasteiger partial charge in [0, 0.05) is 24.8 Å². The first-order valence-corrected chi connectivity index (χ1v) is 4.71. The van der Waals surface area contributed by atoms with Crippen LogP contribution in [0.1, 0.15) is 23.0 Å². The van der Waals surface area contributed by atoms with Crippen LogP contribution in [0.4, 0.5) is 0 Å². The van der Waals surface area contributed by atoms with E-state index in [1.165, 1.54) is 0 Å². The zero-order chi connectivity index (χ0) is 10.7. The molecule has 1 atom stereocenters. The second-order valence-corrected chi connectivity index (χ2v) is 3.38. The van der Waals surface area contributed by atoms with Gasteiger partial charge in [-0.3, -0.25) is 4.98 Å². The first-order valence-electron chi connectivity index (χ1n) is 4.71. The van der Waals surface area contributed by atoms with E-state index >= 15 is 0 Å². The van der Waals surface area contributed by atoms with Gasteiger partial charge < -0.3 is 5.73 Å². The molecule has 2 aromatic rings. The molecule has 0 saturated carbocycles. The summed E-state index contributed by atoms with van der Waals surface area (Å²) in [5.74, 6) is 0.619. The van der Waals surface area contributed by atoms with E-state index in [1.807, 2.05) is 19.1 Å². The van der Waals surface area contributed by atoms with Crippen LogP contribution in [-0.4, -0.2) is 15.0 Å². The average molecular weight is 200 g/mol. The van der Waals surface area contributed by atoms with Crippen LogP contribution in [0.3, 0.4) is 0 Å². The molecule has 0 fully saturated rings. The Kier molecular flexibility index (Phi) is 2.69. The summed E-state index contributed by atoms with van der Waals surface area (Å²) in [4.78, 5) is 12.4. The molecule has 0 aliphatic heterocycles. The molecule has 4 heteroatoms. The van der Waals surface area contributed by atoms with E-state index in [0.29, 0.717) is 5.82 Å². The zero-order valence-electron chi connectivity index (χ0n) is 8.46. The Morgan fingerprint density at radius 2 is 1.93 bits per heavy atom. The molecule has 2 N–H and O–H groups in total. The van der Waals surface area contributed by atoms with Crippen molar-refractivity contribution >= 4 is 0 Å². The van der Waals surface area contributed by atoms with Crippen molar-refractivity contribution in [1.29, 1.82) is 0 Å². The van der Waals surface area contributed by atoms with Gasteiger partial charge in [-0.05, 0) is 24.1 Å². The van der Waals surface area contributed by atoms with E-state index in [2.05, 4.69) is 15.0 Å². The summed E-state index contributed by atoms with van der Waals surface area (Å²) in [5.41, 5.74) is 7.94. The number of rotatable bonds is 2. The summed E-state index contributed by atoms with van der Waals surface area (Å²) >= 11 is 0. The molecule has 0 radical (unpaired) electrons. The summed E-state index contributed by atoms with van der Waals surface area (Å²) in [7, 11) is 0. The summed E-state index contributed by atoms with van der Waals surface area (Å²) in [6, 6.07) is 3.46. The lowest BCUT2D eigenvalue weighted by molar-refractivity contribution is 0.773. The molecule has 0 spiro atoms. The normalized spacial score (nSPS) is 12.4. The Morgan fingerprint density at radius 3 is 2.53 bits per heavy atom. The van der Waals surface area contributed by atoms with Crippen LogP contribution in [0.15, 0.2) is 36.9 Å². The lowest BCUT2D eigenvalue weighted by atomic mass is 10.1. The lowest BCUT2D eigenvalue weighted by Gasteiger charge is -2.09. The highest BCUT2D eigenvalue weighted by Gasteiger charge is 2.10. The third-order valence-corrected chi connectivity index (χ3v) is 2.12. The zero-order valence-corrected chi connectivity index (χ0v) is 8.46. The first-order chi connectivity index (χ1) is 7.27. The summed E-state index contributed by atoms with van der Waals surface area (Å²) in [5, 5.41) is 0. The molecule has 0 amide bonds. The Balaban J connectivity index is 2.29. The third kappa shape index (κ3) is 2.16. The van der Waals surface area contributed by atoms with Gasteiger partial charge in [0.2, 0.25) is 0 Å². The van der Waals surface area contributed by atoms with Crippen LogP contribution >= 0.6 is 0 Å². The summed E-state index contributed by atoms with van der Waals surface area (Å²) in [6.45, 7) is 1.94. The molecule has 4 nitrogen and oxygen atoms in total. The maximum atomic E-state index is 6.00. The highest BCUT2D eigenvalue weighted by atomic mass is 14.9. The second kappa shape index (κ2) is 4.14. The van der Waals surface area contributed by atoms with Gasteiger partial charge in [0.1, 0.15) is 5.82 Å². The minimum Gasteiger partial charge on any atom is -0.318 e. The average Bonchev–Trinajstić information content (AvgIpc) is 2.30. The van der Waals surface area contributed by atoms with Crippen LogP contribution < -0.4 is 5.73 Å². The van der Waals surface area contributed by atoms with Crippen molar-refractivity contribution in [3.63, 3.8) is 0 Å². The third-order valence-electron chi connectivity index (χ3n) is 2.12. The quantitative estimate of drug-likeness (QED) is 0.791. The molecule has 76 valence electrons. The number of hydrogen-bond donors (Lipinski definition) is 1. The highest BCUT2D eigenvalue weighted by Crippen LogP contribution is 2.13. The summed E-state index contributed by atoms with van der Waals surface area (Å²) in [6.07, 6.45) is 6.97. The van der Waals surface area contributed by atoms with E-state index in [0.717, 1.165) is 11.1 Å². The maximum absolute atomic E-state index is 6.00. The number of hydrogen-bond acceptors (Lipinski definition) is 4. The fourth-order valence-electron chi connectivity index (χ4n) is 1.27. The van der Waals surface area contributed by atoms with Gasteiger partial charge >= 0.3 is 0 Å². The van der Waals surface area contributed by atoms with E-state index < -0.39 is 0 Å². The van der Waals surface area contributed by atoms with Gasteiger partial charge in [0.05, 0.1) is 6.04 Å². The van der Waals surface area contributed by atoms with Crippen LogP contribution in [0.2, 0.25) is 0 Å². The van der Waals surface area contributed by atoms with Gasteiger partial charge in [0.25, 0.3) is 0 Å². The molecule has 2 aromatic heterocycles. The van der Waals surface area contributed by atoms with E-state index in [4.69, 9.17) is 5.73 Å². The minimum atomic E-state index is -0.306. The number of pyridine rings is 1. The van der Waals surface area contributed by atoms with Crippen molar-refractivity contribution in [1.82, 2.24) is 15.0 Å². The van der Waals surface area contributed by atoms with Gasteiger partial charge in [-0.25, -0.2) is 9.97 Å². The van der Waals surface area contributed by atoms with E-state index in [9.17, 15) is 0 Å². The highest BCUT2D eigenvalue weighted by molar-refractivity contribution is 5.20. The molecule has 15 heavy (non-hydrogen) atoms. The molecule has 0 saturated heterocycles. The van der Waals surface area contributed by atoms with Crippen molar-refractivity contribution in [3.05, 3.63) is 53.9 Å². The van der Waals surface area contributed by atoms with Gasteiger partial charge in [0.15, 0.2) is 0 Å². The smallest absolute Gasteiger partial charge is 0.149 e. The Bertz CT molecular complexity index is 424. The van der Waals surface area contributed by atoms with Crippen LogP contribution in [-0.2, 0) is 0 Å². The largest absolute Gasteiger partial charge is 0.318 e. The molecule has 0 aliphatic rings. The Labute approximate surface area is 88.2 Å². The summed E-state index contributed by atoms with van der Waals surface area (Å²) < 4.78 is 0. The molecule has 2 heterocycles. The minimum absolute atomic E-state index is 0.306. The van der Waals surface area contributed by atoms with Crippen molar-refractivity contribution < 1.29 is 0 Å². The van der Waals surface area contributed by atoms with Crippen LogP contribution in [0, 0.1) is 6.92 Å². The van der Waals surface area contributed by atoms with Crippen molar-refractivity contribution in [2.24, 2.45) is 5.73 Å². The Morgan fingerprint density at radius 1 is 1.20 bits per heavy atom. The van der Waals surface area contributed by atoms with E-state index in [1.54, 1.807) is 24.8 Å². The second-order valence-electron chi connectivity index (χ2n) is 3.38. The first kappa shape index (κ1) is 9.73. The number of aryl methyl sites for hydroxylation is 1. The molecule has 1 unspecified atom stereocenters. The predicted octanol–water partition coefficient (Wildman–Crippen LogP) is 1.23. The number of nitrogens with two attached hydrogens (primary N) is 1. The molecule has 0 aromatic carbocycles. The predicted molar refractivity (Wildman–Crippen MR) is 57.0 cm³/mol.